The van der Waals surface area contributed by atoms with Gasteiger partial charge in [-0.15, -0.1) is 0 Å². The number of nitrogens with one attached hydrogen (secondary N) is 1. The predicted molar refractivity (Wildman–Crippen MR) is 62.6 cm³/mol. The Morgan fingerprint density at radius 3 is 2.76 bits per heavy atom. The van der Waals surface area contributed by atoms with Gasteiger partial charge in [-0.05, 0) is 25.0 Å². The highest BCUT2D eigenvalue weighted by molar-refractivity contribution is 5.76. The summed E-state index contributed by atoms with van der Waals surface area (Å²) in [6, 6.07) is 5.84. The van der Waals surface area contributed by atoms with E-state index in [4.69, 9.17) is 5.73 Å². The number of nitrogens with zero attached hydrogens (tertiary/aromatic N) is 2. The molecule has 1 aliphatic rings. The number of aromatic amines is 1. The Bertz CT molecular complexity index is 412. The number of hydrogen-bond acceptors (Lipinski definition) is 3. The second-order valence-electron chi connectivity index (χ2n) is 4.37. The molecule has 90 valence electrons. The van der Waals surface area contributed by atoms with Crippen LogP contribution in [0, 0.1) is 17.2 Å². The van der Waals surface area contributed by atoms with E-state index >= 15 is 0 Å². The maximum absolute atomic E-state index is 11.1. The fourth-order valence-electron chi connectivity index (χ4n) is 2.30. The minimum absolute atomic E-state index is 0.0331. The van der Waals surface area contributed by atoms with Gasteiger partial charge in [-0.25, -0.2) is 0 Å². The van der Waals surface area contributed by atoms with Gasteiger partial charge in [0.15, 0.2) is 0 Å². The largest absolute Gasteiger partial charge is 0.369 e. The average Bonchev–Trinajstić information content (AvgIpc) is 2.84. The molecule has 1 fully saturated rings. The second-order valence-corrected chi connectivity index (χ2v) is 4.37. The van der Waals surface area contributed by atoms with E-state index in [2.05, 4.69) is 16.0 Å². The van der Waals surface area contributed by atoms with Gasteiger partial charge in [0.05, 0.1) is 6.07 Å². The Hall–Kier alpha value is -1.80. The molecule has 2 rings (SSSR count). The van der Waals surface area contributed by atoms with E-state index in [1.54, 1.807) is 0 Å². The highest BCUT2D eigenvalue weighted by Crippen LogP contribution is 2.25. The van der Waals surface area contributed by atoms with Crippen LogP contribution in [0.2, 0.25) is 0 Å². The van der Waals surface area contributed by atoms with E-state index < -0.39 is 0 Å². The molecule has 1 aliphatic heterocycles. The van der Waals surface area contributed by atoms with Crippen LogP contribution in [-0.2, 0) is 4.79 Å². The van der Waals surface area contributed by atoms with Crippen LogP contribution in [-0.4, -0.2) is 28.9 Å². The van der Waals surface area contributed by atoms with Crippen molar-refractivity contribution < 1.29 is 4.79 Å². The number of nitriles is 1. The molecule has 0 aliphatic carbocycles. The van der Waals surface area contributed by atoms with Gasteiger partial charge in [0, 0.05) is 30.9 Å². The minimum Gasteiger partial charge on any atom is -0.369 e. The third kappa shape index (κ3) is 2.48. The molecule has 1 aromatic heterocycles. The Kier molecular flexibility index (Phi) is 3.45. The molecule has 0 bridgehead atoms. The zero-order valence-corrected chi connectivity index (χ0v) is 9.60. The van der Waals surface area contributed by atoms with E-state index in [9.17, 15) is 10.1 Å². The van der Waals surface area contributed by atoms with E-state index in [0.717, 1.165) is 31.6 Å². The lowest BCUT2D eigenvalue weighted by molar-refractivity contribution is -0.123. The molecule has 1 saturated heterocycles. The van der Waals surface area contributed by atoms with Gasteiger partial charge in [0.1, 0.15) is 6.04 Å². The number of nitrogens with two attached hydrogens (primary N) is 1. The lowest BCUT2D eigenvalue weighted by Gasteiger charge is -2.33. The van der Waals surface area contributed by atoms with Crippen LogP contribution < -0.4 is 5.73 Å². The number of likely N-dealkylation sites (tertiary alicyclic amines) is 1. The number of amides is 1. The summed E-state index contributed by atoms with van der Waals surface area (Å²) in [5.41, 5.74) is 6.19. The number of aromatic nitrogens is 1. The quantitative estimate of drug-likeness (QED) is 0.807. The Morgan fingerprint density at radius 2 is 2.29 bits per heavy atom. The molecule has 0 aromatic carbocycles. The predicted octanol–water partition coefficient (Wildman–Crippen LogP) is 0.777. The van der Waals surface area contributed by atoms with E-state index in [-0.39, 0.29) is 17.9 Å². The van der Waals surface area contributed by atoms with Crippen LogP contribution in [0.3, 0.4) is 0 Å². The summed E-state index contributed by atoms with van der Waals surface area (Å²) in [5.74, 6) is -0.257. The summed E-state index contributed by atoms with van der Waals surface area (Å²) in [4.78, 5) is 16.2. The van der Waals surface area contributed by atoms with Gasteiger partial charge in [0.2, 0.25) is 5.91 Å². The molecule has 1 amide bonds. The second kappa shape index (κ2) is 5.02. The number of carbonyl (C=O) groups is 1. The van der Waals surface area contributed by atoms with Gasteiger partial charge in [-0.3, -0.25) is 9.69 Å². The van der Waals surface area contributed by atoms with Crippen LogP contribution in [0.5, 0.6) is 0 Å². The van der Waals surface area contributed by atoms with Gasteiger partial charge in [0.25, 0.3) is 0 Å². The molecule has 0 radical (unpaired) electrons. The van der Waals surface area contributed by atoms with Crippen molar-refractivity contribution in [3.05, 3.63) is 24.0 Å². The van der Waals surface area contributed by atoms with Crippen LogP contribution in [0.4, 0.5) is 0 Å². The molecule has 0 saturated carbocycles. The summed E-state index contributed by atoms with van der Waals surface area (Å²) in [7, 11) is 0. The molecule has 0 spiro atoms. The first kappa shape index (κ1) is 11.7. The van der Waals surface area contributed by atoms with Crippen LogP contribution >= 0.6 is 0 Å². The van der Waals surface area contributed by atoms with Gasteiger partial charge >= 0.3 is 0 Å². The summed E-state index contributed by atoms with van der Waals surface area (Å²) < 4.78 is 0. The maximum atomic E-state index is 11.1. The first-order valence-electron chi connectivity index (χ1n) is 5.78. The first-order valence-corrected chi connectivity index (χ1v) is 5.78. The number of H-pyrrole nitrogens is 1. The highest BCUT2D eigenvalue weighted by atomic mass is 16.1. The monoisotopic (exact) mass is 232 g/mol. The molecule has 5 heteroatoms. The fraction of sp³-hybridized carbons (Fsp3) is 0.500. The molecule has 1 unspecified atom stereocenters. The fourth-order valence-corrected chi connectivity index (χ4v) is 2.30. The topological polar surface area (TPSA) is 85.9 Å². The highest BCUT2D eigenvalue weighted by Gasteiger charge is 2.28. The Balaban J connectivity index is 2.00. The van der Waals surface area contributed by atoms with Crippen molar-refractivity contribution in [2.45, 2.75) is 18.9 Å². The number of primary amides is 1. The van der Waals surface area contributed by atoms with Crippen LogP contribution in [0.15, 0.2) is 18.3 Å². The molecule has 1 atom stereocenters. The zero-order chi connectivity index (χ0) is 12.3. The first-order chi connectivity index (χ1) is 8.22. The zero-order valence-electron chi connectivity index (χ0n) is 9.60. The van der Waals surface area contributed by atoms with Crippen molar-refractivity contribution >= 4 is 5.91 Å². The van der Waals surface area contributed by atoms with Crippen molar-refractivity contribution in [2.24, 2.45) is 11.7 Å². The number of hydrogen-bond donors (Lipinski definition) is 2. The summed E-state index contributed by atoms with van der Waals surface area (Å²) >= 11 is 0. The van der Waals surface area contributed by atoms with Crippen molar-refractivity contribution in [1.29, 1.82) is 5.26 Å². The molecule has 1 aromatic rings. The number of carbonyl (C=O) groups excluding carboxylic acids is 1. The maximum Gasteiger partial charge on any atom is 0.220 e. The van der Waals surface area contributed by atoms with Crippen molar-refractivity contribution in [3.8, 4) is 6.07 Å². The minimum atomic E-state index is -0.251. The molecule has 3 N–H and O–H groups in total. The smallest absolute Gasteiger partial charge is 0.220 e. The SMILES string of the molecule is N#CC(c1ccc[nH]1)N1CCC(C(N)=O)CC1. The molecule has 17 heavy (non-hydrogen) atoms. The van der Waals surface area contributed by atoms with Crippen LogP contribution in [0.25, 0.3) is 0 Å². The molecular weight excluding hydrogens is 216 g/mol. The summed E-state index contributed by atoms with van der Waals surface area (Å²) in [6.45, 7) is 1.48. The van der Waals surface area contributed by atoms with Gasteiger partial charge in [-0.1, -0.05) is 0 Å². The van der Waals surface area contributed by atoms with Crippen molar-refractivity contribution in [2.75, 3.05) is 13.1 Å². The lowest BCUT2D eigenvalue weighted by atomic mass is 9.95. The number of piperidine rings is 1. The summed E-state index contributed by atoms with van der Waals surface area (Å²) in [6.07, 6.45) is 3.30. The Labute approximate surface area is 100 Å². The Morgan fingerprint density at radius 1 is 1.59 bits per heavy atom. The van der Waals surface area contributed by atoms with Crippen molar-refractivity contribution in [3.63, 3.8) is 0 Å². The normalized spacial score (nSPS) is 19.7. The summed E-state index contributed by atoms with van der Waals surface area (Å²) in [5, 5.41) is 9.22. The van der Waals surface area contributed by atoms with E-state index in [1.807, 2.05) is 18.3 Å². The van der Waals surface area contributed by atoms with Crippen molar-refractivity contribution in [1.82, 2.24) is 9.88 Å². The molecule has 2 heterocycles. The number of rotatable bonds is 3. The third-order valence-corrected chi connectivity index (χ3v) is 3.34. The third-order valence-electron chi connectivity index (χ3n) is 3.34. The molecule has 5 nitrogen and oxygen atoms in total. The van der Waals surface area contributed by atoms with E-state index in [0.29, 0.717) is 0 Å². The lowest BCUT2D eigenvalue weighted by Crippen LogP contribution is -2.40. The molecular formula is C12H16N4O. The van der Waals surface area contributed by atoms with E-state index in [1.165, 1.54) is 0 Å². The van der Waals surface area contributed by atoms with Gasteiger partial charge in [-0.2, -0.15) is 5.26 Å². The van der Waals surface area contributed by atoms with Crippen LogP contribution in [0.1, 0.15) is 24.6 Å². The average molecular weight is 232 g/mol. The standard InChI is InChI=1S/C12H16N4O/c13-8-11(10-2-1-5-15-10)16-6-3-9(4-7-16)12(14)17/h1-2,5,9,11,15H,3-4,6-7H2,(H2,14,17). The van der Waals surface area contributed by atoms with Gasteiger partial charge < -0.3 is 10.7 Å².